The Morgan fingerprint density at radius 1 is 1.14 bits per heavy atom. The smallest absolute Gasteiger partial charge is 0.317 e. The fourth-order valence-corrected chi connectivity index (χ4v) is 4.34. The number of urea groups is 1. The largest absolute Gasteiger partial charge is 0.379 e. The molecule has 2 amide bonds. The Kier molecular flexibility index (Phi) is 7.32. The minimum absolute atomic E-state index is 0.0608. The van der Waals surface area contributed by atoms with Crippen molar-refractivity contribution in [3.63, 3.8) is 0 Å². The number of amides is 2. The first-order valence-corrected chi connectivity index (χ1v) is 10.6. The third-order valence-electron chi connectivity index (χ3n) is 6.43. The highest BCUT2D eigenvalue weighted by molar-refractivity contribution is 5.74. The molecule has 2 saturated heterocycles. The summed E-state index contributed by atoms with van der Waals surface area (Å²) in [6, 6.07) is 11.8. The molecule has 0 aromatic heterocycles. The molecule has 1 aromatic carbocycles. The summed E-state index contributed by atoms with van der Waals surface area (Å²) >= 11 is 0. The van der Waals surface area contributed by atoms with Crippen molar-refractivity contribution in [1.82, 2.24) is 20.0 Å². The highest BCUT2D eigenvalue weighted by Gasteiger charge is 2.37. The van der Waals surface area contributed by atoms with Crippen molar-refractivity contribution in [2.24, 2.45) is 0 Å². The molecule has 1 N–H and O–H groups in total. The van der Waals surface area contributed by atoms with Gasteiger partial charge in [0.2, 0.25) is 0 Å². The first kappa shape index (κ1) is 21.1. The Labute approximate surface area is 169 Å². The van der Waals surface area contributed by atoms with Crippen LogP contribution in [0.2, 0.25) is 0 Å². The van der Waals surface area contributed by atoms with Gasteiger partial charge in [0.05, 0.1) is 13.2 Å². The van der Waals surface area contributed by atoms with Gasteiger partial charge >= 0.3 is 6.03 Å². The van der Waals surface area contributed by atoms with E-state index in [-0.39, 0.29) is 12.1 Å². The summed E-state index contributed by atoms with van der Waals surface area (Å²) in [6.45, 7) is 14.6. The van der Waals surface area contributed by atoms with Crippen LogP contribution in [-0.2, 0) is 11.3 Å². The maximum absolute atomic E-state index is 12.9. The van der Waals surface area contributed by atoms with E-state index in [1.54, 1.807) is 0 Å². The predicted molar refractivity (Wildman–Crippen MR) is 112 cm³/mol. The van der Waals surface area contributed by atoms with Crippen LogP contribution in [0.4, 0.5) is 4.79 Å². The van der Waals surface area contributed by atoms with Gasteiger partial charge in [-0.15, -0.1) is 0 Å². The van der Waals surface area contributed by atoms with E-state index in [0.717, 1.165) is 39.4 Å². The third-order valence-corrected chi connectivity index (χ3v) is 6.43. The van der Waals surface area contributed by atoms with Crippen LogP contribution >= 0.6 is 0 Å². The molecule has 0 bridgehead atoms. The van der Waals surface area contributed by atoms with Crippen molar-refractivity contribution in [2.75, 3.05) is 39.4 Å². The summed E-state index contributed by atoms with van der Waals surface area (Å²) in [6.07, 6.45) is 0. The van der Waals surface area contributed by atoms with Gasteiger partial charge in [-0.3, -0.25) is 9.80 Å². The third kappa shape index (κ3) is 5.04. The molecular formula is C22H36N4O2. The van der Waals surface area contributed by atoms with E-state index < -0.39 is 0 Å². The molecular weight excluding hydrogens is 352 g/mol. The molecule has 2 aliphatic rings. The minimum atomic E-state index is 0.0608. The molecule has 28 heavy (non-hydrogen) atoms. The summed E-state index contributed by atoms with van der Waals surface area (Å²) in [5, 5.41) is 3.17. The van der Waals surface area contributed by atoms with Gasteiger partial charge in [0.1, 0.15) is 0 Å². The van der Waals surface area contributed by atoms with Crippen molar-refractivity contribution in [2.45, 2.75) is 58.4 Å². The van der Waals surface area contributed by atoms with Gasteiger partial charge in [0.25, 0.3) is 0 Å². The standard InChI is InChI=1S/C22H36N4O2/c1-17(24-10-12-28-13-11-24)14-23-22(27)26-15-18(2)25(19(3)20(26)4)16-21-8-6-5-7-9-21/h5-9,17-20H,10-16H2,1-4H3,(H,23,27). The SMILES string of the molecule is CC(CNC(=O)N1CC(C)N(Cc2ccccc2)C(C)C1C)N1CCOCC1. The zero-order valence-electron chi connectivity index (χ0n) is 17.8. The second kappa shape index (κ2) is 9.72. The number of nitrogens with one attached hydrogen (secondary N) is 1. The highest BCUT2D eigenvalue weighted by Crippen LogP contribution is 2.24. The zero-order valence-corrected chi connectivity index (χ0v) is 17.8. The Morgan fingerprint density at radius 2 is 1.82 bits per heavy atom. The van der Waals surface area contributed by atoms with Crippen LogP contribution in [0.5, 0.6) is 0 Å². The van der Waals surface area contributed by atoms with Crippen LogP contribution in [0.25, 0.3) is 0 Å². The Balaban J connectivity index is 1.54. The molecule has 6 heteroatoms. The lowest BCUT2D eigenvalue weighted by molar-refractivity contribution is 0.0100. The molecule has 1 aromatic rings. The van der Waals surface area contributed by atoms with Crippen molar-refractivity contribution in [1.29, 1.82) is 0 Å². The quantitative estimate of drug-likeness (QED) is 0.842. The molecule has 6 nitrogen and oxygen atoms in total. The number of carbonyl (C=O) groups excluding carboxylic acids is 1. The van der Waals surface area contributed by atoms with Crippen LogP contribution in [0.1, 0.15) is 33.3 Å². The van der Waals surface area contributed by atoms with Gasteiger partial charge in [-0.25, -0.2) is 4.79 Å². The molecule has 0 spiro atoms. The maximum atomic E-state index is 12.9. The second-order valence-electron chi connectivity index (χ2n) is 8.32. The number of hydrogen-bond donors (Lipinski definition) is 1. The van der Waals surface area contributed by atoms with Gasteiger partial charge in [-0.1, -0.05) is 30.3 Å². The van der Waals surface area contributed by atoms with Crippen molar-refractivity contribution < 1.29 is 9.53 Å². The number of ether oxygens (including phenoxy) is 1. The Hall–Kier alpha value is -1.63. The molecule has 2 heterocycles. The molecule has 2 aliphatic heterocycles. The van der Waals surface area contributed by atoms with Crippen LogP contribution in [0.15, 0.2) is 30.3 Å². The zero-order chi connectivity index (χ0) is 20.1. The summed E-state index contributed by atoms with van der Waals surface area (Å²) in [4.78, 5) is 19.8. The van der Waals surface area contributed by atoms with E-state index >= 15 is 0 Å². The van der Waals surface area contributed by atoms with Gasteiger partial charge in [-0.2, -0.15) is 0 Å². The number of hydrogen-bond acceptors (Lipinski definition) is 4. The van der Waals surface area contributed by atoms with E-state index in [1.165, 1.54) is 5.56 Å². The summed E-state index contributed by atoms with van der Waals surface area (Å²) in [5.41, 5.74) is 1.32. The second-order valence-corrected chi connectivity index (χ2v) is 8.32. The minimum Gasteiger partial charge on any atom is -0.379 e. The molecule has 0 saturated carbocycles. The first-order valence-electron chi connectivity index (χ1n) is 10.6. The lowest BCUT2D eigenvalue weighted by Crippen LogP contribution is -2.64. The number of morpholine rings is 1. The summed E-state index contributed by atoms with van der Waals surface area (Å²) in [7, 11) is 0. The maximum Gasteiger partial charge on any atom is 0.317 e. The molecule has 4 atom stereocenters. The van der Waals surface area contributed by atoms with Gasteiger partial charge in [0, 0.05) is 56.9 Å². The fourth-order valence-electron chi connectivity index (χ4n) is 4.34. The van der Waals surface area contributed by atoms with E-state index in [1.807, 2.05) is 4.90 Å². The van der Waals surface area contributed by atoms with E-state index in [4.69, 9.17) is 4.74 Å². The van der Waals surface area contributed by atoms with Crippen molar-refractivity contribution >= 4 is 6.03 Å². The number of rotatable bonds is 5. The predicted octanol–water partition coefficient (Wildman–Crippen LogP) is 2.40. The van der Waals surface area contributed by atoms with Crippen LogP contribution in [0, 0.1) is 0 Å². The monoisotopic (exact) mass is 388 g/mol. The van der Waals surface area contributed by atoms with Gasteiger partial charge in [0.15, 0.2) is 0 Å². The van der Waals surface area contributed by atoms with Crippen molar-refractivity contribution in [3.05, 3.63) is 35.9 Å². The highest BCUT2D eigenvalue weighted by atomic mass is 16.5. The van der Waals surface area contributed by atoms with Crippen LogP contribution < -0.4 is 5.32 Å². The Morgan fingerprint density at radius 3 is 2.50 bits per heavy atom. The normalized spacial score (nSPS) is 28.1. The summed E-state index contributed by atoms with van der Waals surface area (Å²) < 4.78 is 5.42. The number of benzene rings is 1. The van der Waals surface area contributed by atoms with Crippen LogP contribution in [-0.4, -0.2) is 84.3 Å². The number of carbonyl (C=O) groups is 1. The molecule has 3 rings (SSSR count). The van der Waals surface area contributed by atoms with Gasteiger partial charge in [-0.05, 0) is 33.3 Å². The average Bonchev–Trinajstić information content (AvgIpc) is 2.73. The first-order chi connectivity index (χ1) is 13.5. The van der Waals surface area contributed by atoms with Crippen molar-refractivity contribution in [3.8, 4) is 0 Å². The molecule has 0 aliphatic carbocycles. The van der Waals surface area contributed by atoms with E-state index in [0.29, 0.717) is 24.7 Å². The van der Waals surface area contributed by atoms with E-state index in [2.05, 4.69) is 73.1 Å². The van der Waals surface area contributed by atoms with E-state index in [9.17, 15) is 4.79 Å². The molecule has 0 radical (unpaired) electrons. The molecule has 156 valence electrons. The number of nitrogens with zero attached hydrogens (tertiary/aromatic N) is 3. The number of piperazine rings is 1. The van der Waals surface area contributed by atoms with Crippen LogP contribution in [0.3, 0.4) is 0 Å². The molecule has 4 unspecified atom stereocenters. The lowest BCUT2D eigenvalue weighted by atomic mass is 9.99. The van der Waals surface area contributed by atoms with Gasteiger partial charge < -0.3 is 15.0 Å². The summed E-state index contributed by atoms with van der Waals surface area (Å²) in [5.74, 6) is 0. The Bertz CT molecular complexity index is 620. The molecule has 2 fully saturated rings. The topological polar surface area (TPSA) is 48.1 Å². The average molecular weight is 389 g/mol. The lowest BCUT2D eigenvalue weighted by Gasteiger charge is -2.48. The fraction of sp³-hybridized carbons (Fsp3) is 0.682.